The van der Waals surface area contributed by atoms with Gasteiger partial charge in [-0.1, -0.05) is 36.4 Å². The van der Waals surface area contributed by atoms with Crippen LogP contribution in [0.4, 0.5) is 0 Å². The molecule has 0 fully saturated rings. The van der Waals surface area contributed by atoms with Gasteiger partial charge in [-0.15, -0.1) is 0 Å². The molecule has 0 atom stereocenters. The van der Waals surface area contributed by atoms with E-state index in [1.54, 1.807) is 13.3 Å². The van der Waals surface area contributed by atoms with Crippen LogP contribution in [0.2, 0.25) is 0 Å². The predicted molar refractivity (Wildman–Crippen MR) is 105 cm³/mol. The van der Waals surface area contributed by atoms with Crippen molar-refractivity contribution in [2.45, 2.75) is 0 Å². The Morgan fingerprint density at radius 1 is 1.08 bits per heavy atom. The highest BCUT2D eigenvalue weighted by molar-refractivity contribution is 14.1. The highest BCUT2D eigenvalue weighted by Crippen LogP contribution is 2.25. The highest BCUT2D eigenvalue weighted by Gasteiger charge is 2.13. The number of carbonyl (C=O) groups is 1. The molecule has 3 aromatic rings. The summed E-state index contributed by atoms with van der Waals surface area (Å²) in [7, 11) is 1.55. The van der Waals surface area contributed by atoms with Crippen LogP contribution in [0, 0.1) is 3.57 Å². The standard InChI is InChI=1S/C19H15IN2O2/c1-24-18-11-15-5-3-2-4-14(15)10-17(18)19(23)22-21-12-13-6-8-16(20)9-7-13/h2-12H,1H3,(H,22,23)/b21-12-. The fourth-order valence-electron chi connectivity index (χ4n) is 2.34. The molecule has 0 saturated carbocycles. The molecular formula is C19H15IN2O2. The second kappa shape index (κ2) is 7.44. The molecule has 0 radical (unpaired) electrons. The zero-order valence-electron chi connectivity index (χ0n) is 13.0. The van der Waals surface area contributed by atoms with Crippen molar-refractivity contribution in [2.75, 3.05) is 7.11 Å². The van der Waals surface area contributed by atoms with Gasteiger partial charge in [0.1, 0.15) is 5.75 Å². The number of nitrogens with one attached hydrogen (secondary N) is 1. The fraction of sp³-hybridized carbons (Fsp3) is 0.0526. The minimum atomic E-state index is -0.306. The quantitative estimate of drug-likeness (QED) is 0.383. The molecule has 4 nitrogen and oxygen atoms in total. The molecule has 3 rings (SSSR count). The van der Waals surface area contributed by atoms with Crippen molar-refractivity contribution in [3.8, 4) is 5.75 Å². The lowest BCUT2D eigenvalue weighted by Gasteiger charge is -2.09. The number of fused-ring (bicyclic) bond motifs is 1. The fourth-order valence-corrected chi connectivity index (χ4v) is 2.70. The molecular weight excluding hydrogens is 415 g/mol. The minimum Gasteiger partial charge on any atom is -0.496 e. The Balaban J connectivity index is 1.81. The van der Waals surface area contributed by atoms with E-state index < -0.39 is 0 Å². The first kappa shape index (κ1) is 16.4. The van der Waals surface area contributed by atoms with Crippen LogP contribution in [0.1, 0.15) is 15.9 Å². The monoisotopic (exact) mass is 430 g/mol. The summed E-state index contributed by atoms with van der Waals surface area (Å²) in [5.41, 5.74) is 3.92. The van der Waals surface area contributed by atoms with E-state index in [-0.39, 0.29) is 5.91 Å². The number of carbonyl (C=O) groups excluding carboxylic acids is 1. The Kier molecular flexibility index (Phi) is 5.10. The second-order valence-corrected chi connectivity index (χ2v) is 6.40. The third kappa shape index (κ3) is 3.73. The topological polar surface area (TPSA) is 50.7 Å². The number of amides is 1. The zero-order valence-corrected chi connectivity index (χ0v) is 15.2. The van der Waals surface area contributed by atoms with Gasteiger partial charge in [-0.3, -0.25) is 4.79 Å². The number of benzene rings is 3. The van der Waals surface area contributed by atoms with Crippen LogP contribution in [-0.2, 0) is 0 Å². The van der Waals surface area contributed by atoms with Gasteiger partial charge in [0.25, 0.3) is 5.91 Å². The molecule has 24 heavy (non-hydrogen) atoms. The molecule has 0 aliphatic heterocycles. The Bertz CT molecular complexity index is 905. The van der Waals surface area contributed by atoms with E-state index in [0.717, 1.165) is 19.9 Å². The lowest BCUT2D eigenvalue weighted by molar-refractivity contribution is 0.0952. The molecule has 0 unspecified atom stereocenters. The summed E-state index contributed by atoms with van der Waals surface area (Å²) in [4.78, 5) is 12.4. The van der Waals surface area contributed by atoms with Crippen molar-refractivity contribution >= 4 is 45.5 Å². The maximum absolute atomic E-state index is 12.4. The molecule has 3 aromatic carbocycles. The maximum atomic E-state index is 12.4. The Morgan fingerprint density at radius 2 is 1.75 bits per heavy atom. The van der Waals surface area contributed by atoms with Crippen molar-refractivity contribution in [1.82, 2.24) is 5.43 Å². The largest absolute Gasteiger partial charge is 0.496 e. The van der Waals surface area contributed by atoms with Crippen molar-refractivity contribution in [2.24, 2.45) is 5.10 Å². The van der Waals surface area contributed by atoms with E-state index in [9.17, 15) is 4.79 Å². The number of nitrogens with zero attached hydrogens (tertiary/aromatic N) is 1. The van der Waals surface area contributed by atoms with Crippen LogP contribution in [0.25, 0.3) is 10.8 Å². The lowest BCUT2D eigenvalue weighted by atomic mass is 10.1. The van der Waals surface area contributed by atoms with E-state index in [4.69, 9.17) is 4.74 Å². The number of ether oxygens (including phenoxy) is 1. The third-order valence-corrected chi connectivity index (χ3v) is 4.28. The zero-order chi connectivity index (χ0) is 16.9. The van der Waals surface area contributed by atoms with Gasteiger partial charge in [0.15, 0.2) is 0 Å². The summed E-state index contributed by atoms with van der Waals surface area (Å²) in [6.07, 6.45) is 1.61. The summed E-state index contributed by atoms with van der Waals surface area (Å²) in [5.74, 6) is 0.218. The molecule has 1 amide bonds. The summed E-state index contributed by atoms with van der Waals surface area (Å²) in [6.45, 7) is 0. The number of hydrogen-bond donors (Lipinski definition) is 1. The first-order valence-electron chi connectivity index (χ1n) is 7.33. The molecule has 0 bridgehead atoms. The summed E-state index contributed by atoms with van der Waals surface area (Å²) in [5, 5.41) is 6.02. The maximum Gasteiger partial charge on any atom is 0.275 e. The Morgan fingerprint density at radius 3 is 2.42 bits per heavy atom. The van der Waals surface area contributed by atoms with Gasteiger partial charge in [0, 0.05) is 3.57 Å². The molecule has 0 heterocycles. The van der Waals surface area contributed by atoms with Gasteiger partial charge in [-0.2, -0.15) is 5.10 Å². The molecule has 5 heteroatoms. The molecule has 1 N–H and O–H groups in total. The SMILES string of the molecule is COc1cc2ccccc2cc1C(=O)N/N=C\c1ccc(I)cc1. The van der Waals surface area contributed by atoms with E-state index in [1.165, 1.54) is 0 Å². The third-order valence-electron chi connectivity index (χ3n) is 3.56. The van der Waals surface area contributed by atoms with Crippen LogP contribution >= 0.6 is 22.6 Å². The molecule has 0 spiro atoms. The highest BCUT2D eigenvalue weighted by atomic mass is 127. The van der Waals surface area contributed by atoms with Gasteiger partial charge in [-0.25, -0.2) is 5.43 Å². The van der Waals surface area contributed by atoms with Crippen molar-refractivity contribution in [1.29, 1.82) is 0 Å². The van der Waals surface area contributed by atoms with Gasteiger partial charge in [0.05, 0.1) is 18.9 Å². The Labute approximate surface area is 153 Å². The van der Waals surface area contributed by atoms with Crippen LogP contribution in [0.5, 0.6) is 5.75 Å². The normalized spacial score (nSPS) is 10.9. The van der Waals surface area contributed by atoms with E-state index in [0.29, 0.717) is 11.3 Å². The van der Waals surface area contributed by atoms with E-state index in [2.05, 4.69) is 33.1 Å². The molecule has 0 aliphatic rings. The number of rotatable bonds is 4. The Hall–Kier alpha value is -2.41. The van der Waals surface area contributed by atoms with Gasteiger partial charge in [0.2, 0.25) is 0 Å². The number of methoxy groups -OCH3 is 1. The lowest BCUT2D eigenvalue weighted by Crippen LogP contribution is -2.18. The first-order chi connectivity index (χ1) is 11.7. The summed E-state index contributed by atoms with van der Waals surface area (Å²) >= 11 is 2.24. The van der Waals surface area contributed by atoms with Crippen LogP contribution in [0.15, 0.2) is 65.8 Å². The van der Waals surface area contributed by atoms with E-state index >= 15 is 0 Å². The molecule has 0 aliphatic carbocycles. The molecule has 120 valence electrons. The predicted octanol–water partition coefficient (Wildman–Crippen LogP) is 4.22. The van der Waals surface area contributed by atoms with Crippen LogP contribution < -0.4 is 10.2 Å². The van der Waals surface area contributed by atoms with E-state index in [1.807, 2.05) is 60.7 Å². The molecule has 0 aromatic heterocycles. The summed E-state index contributed by atoms with van der Waals surface area (Å²) in [6, 6.07) is 19.3. The second-order valence-electron chi connectivity index (χ2n) is 5.15. The number of hydrazone groups is 1. The van der Waals surface area contributed by atoms with Crippen LogP contribution in [0.3, 0.4) is 0 Å². The number of hydrogen-bond acceptors (Lipinski definition) is 3. The van der Waals surface area contributed by atoms with Crippen molar-refractivity contribution in [3.63, 3.8) is 0 Å². The van der Waals surface area contributed by atoms with Gasteiger partial charge >= 0.3 is 0 Å². The molecule has 0 saturated heterocycles. The number of halogens is 1. The van der Waals surface area contributed by atoms with Crippen LogP contribution in [-0.4, -0.2) is 19.2 Å². The van der Waals surface area contributed by atoms with Crippen molar-refractivity contribution < 1.29 is 9.53 Å². The van der Waals surface area contributed by atoms with Gasteiger partial charge < -0.3 is 4.74 Å². The first-order valence-corrected chi connectivity index (χ1v) is 8.41. The summed E-state index contributed by atoms with van der Waals surface area (Å²) < 4.78 is 6.49. The minimum absolute atomic E-state index is 0.306. The van der Waals surface area contributed by atoms with Crippen molar-refractivity contribution in [3.05, 3.63) is 75.4 Å². The average molecular weight is 430 g/mol. The average Bonchev–Trinajstić information content (AvgIpc) is 2.62. The van der Waals surface area contributed by atoms with Gasteiger partial charge in [-0.05, 0) is 63.2 Å². The smallest absolute Gasteiger partial charge is 0.275 e.